The molecule has 2 aliphatic heterocycles. The van der Waals surface area contributed by atoms with Gasteiger partial charge in [0.15, 0.2) is 11.6 Å². The molecule has 0 saturated carbocycles. The molecule has 28 heavy (non-hydrogen) atoms. The summed E-state index contributed by atoms with van der Waals surface area (Å²) in [6, 6.07) is 7.14. The van der Waals surface area contributed by atoms with Crippen LogP contribution >= 0.6 is 0 Å². The fourth-order valence-electron chi connectivity index (χ4n) is 3.46. The molecule has 4 rings (SSSR count). The van der Waals surface area contributed by atoms with Gasteiger partial charge in [-0.2, -0.15) is 8.42 Å². The number of para-hydroxylation sites is 2. The van der Waals surface area contributed by atoms with Crippen molar-refractivity contribution >= 4 is 27.3 Å². The third kappa shape index (κ3) is 3.21. The van der Waals surface area contributed by atoms with Gasteiger partial charge < -0.3 is 10.1 Å². The number of rotatable bonds is 4. The van der Waals surface area contributed by atoms with Crippen molar-refractivity contribution in [1.82, 2.24) is 5.32 Å². The van der Waals surface area contributed by atoms with Gasteiger partial charge in [0, 0.05) is 31.8 Å². The smallest absolute Gasteiger partial charge is 0.331 e. The summed E-state index contributed by atoms with van der Waals surface area (Å²) in [7, 11) is -4.31. The van der Waals surface area contributed by atoms with E-state index in [1.165, 1.54) is 6.07 Å². The van der Waals surface area contributed by atoms with E-state index in [0.717, 1.165) is 10.8 Å². The molecular formula is C18H18F3N3O3S. The Labute approximate surface area is 160 Å². The number of morpholine rings is 1. The number of hydrogen-bond acceptors (Lipinski definition) is 4. The van der Waals surface area contributed by atoms with E-state index in [4.69, 9.17) is 4.74 Å². The van der Waals surface area contributed by atoms with Gasteiger partial charge in [0.2, 0.25) is 0 Å². The molecule has 0 spiro atoms. The average Bonchev–Trinajstić information content (AvgIpc) is 2.87. The minimum Gasteiger partial charge on any atom is -0.376 e. The fraction of sp³-hybridized carbons (Fsp3) is 0.333. The van der Waals surface area contributed by atoms with Gasteiger partial charge in [-0.1, -0.05) is 12.1 Å². The largest absolute Gasteiger partial charge is 0.376 e. The van der Waals surface area contributed by atoms with Crippen LogP contribution in [0.3, 0.4) is 0 Å². The van der Waals surface area contributed by atoms with Gasteiger partial charge in [0.25, 0.3) is 0 Å². The van der Waals surface area contributed by atoms with Crippen molar-refractivity contribution in [3.63, 3.8) is 0 Å². The van der Waals surface area contributed by atoms with E-state index in [9.17, 15) is 21.6 Å². The first kappa shape index (κ1) is 19.0. The number of hydrogen-bond donors (Lipinski definition) is 1. The highest BCUT2D eigenvalue weighted by atomic mass is 32.2. The van der Waals surface area contributed by atoms with Crippen LogP contribution in [-0.4, -0.2) is 40.8 Å². The molecule has 2 aromatic rings. The van der Waals surface area contributed by atoms with Crippen LogP contribution < -0.4 is 13.9 Å². The summed E-state index contributed by atoms with van der Waals surface area (Å²) in [5.74, 6) is -3.71. The normalized spacial score (nSPS) is 21.0. The molecule has 2 aromatic carbocycles. The Balaban J connectivity index is 1.73. The standard InChI is InChI=1S/C18H18F3N3O3S/c19-12-9-14(20)18(15(21)10-12)24-17-4-2-1-3-16(17)23(28(24,25)26)7-5-13-11-22-6-8-27-13/h1-4,9-10,13,22H,5-8,11H2/t13-/m1/s1. The van der Waals surface area contributed by atoms with Crippen LogP contribution in [0.5, 0.6) is 0 Å². The molecule has 1 atom stereocenters. The van der Waals surface area contributed by atoms with Crippen LogP contribution in [-0.2, 0) is 14.9 Å². The van der Waals surface area contributed by atoms with Crippen molar-refractivity contribution < 1.29 is 26.3 Å². The van der Waals surface area contributed by atoms with Crippen LogP contribution in [0, 0.1) is 17.5 Å². The monoisotopic (exact) mass is 413 g/mol. The molecule has 0 aromatic heterocycles. The molecule has 2 aliphatic rings. The van der Waals surface area contributed by atoms with Crippen molar-refractivity contribution in [2.24, 2.45) is 0 Å². The number of anilines is 3. The van der Waals surface area contributed by atoms with Gasteiger partial charge in [0.05, 0.1) is 24.1 Å². The van der Waals surface area contributed by atoms with Gasteiger partial charge in [0.1, 0.15) is 11.5 Å². The number of nitrogens with one attached hydrogen (secondary N) is 1. The number of fused-ring (bicyclic) bond motifs is 1. The first-order chi connectivity index (χ1) is 13.4. The lowest BCUT2D eigenvalue weighted by molar-refractivity contribution is 0.0254. The van der Waals surface area contributed by atoms with E-state index in [1.54, 1.807) is 18.2 Å². The molecule has 6 nitrogen and oxygen atoms in total. The zero-order valence-electron chi connectivity index (χ0n) is 14.7. The third-order valence-electron chi connectivity index (χ3n) is 4.72. The molecule has 0 bridgehead atoms. The number of nitrogens with zero attached hydrogens (tertiary/aromatic N) is 2. The van der Waals surface area contributed by atoms with Crippen LogP contribution in [0.1, 0.15) is 6.42 Å². The Kier molecular flexibility index (Phi) is 4.94. The topological polar surface area (TPSA) is 61.9 Å². The summed E-state index contributed by atoms with van der Waals surface area (Å²) >= 11 is 0. The summed E-state index contributed by atoms with van der Waals surface area (Å²) in [6.45, 7) is 1.94. The predicted octanol–water partition coefficient (Wildman–Crippen LogP) is 2.69. The van der Waals surface area contributed by atoms with Crippen LogP contribution in [0.15, 0.2) is 36.4 Å². The minimum absolute atomic E-state index is 0.0760. The first-order valence-electron chi connectivity index (χ1n) is 8.78. The Morgan fingerprint density at radius 3 is 2.43 bits per heavy atom. The predicted molar refractivity (Wildman–Crippen MR) is 98.4 cm³/mol. The molecular weight excluding hydrogens is 395 g/mol. The second kappa shape index (κ2) is 7.26. The molecule has 0 aliphatic carbocycles. The Bertz CT molecular complexity index is 974. The zero-order valence-corrected chi connectivity index (χ0v) is 15.6. The SMILES string of the molecule is O=S1(=O)N(CC[C@@H]2CNCCO2)c2ccccc2N1c1c(F)cc(F)cc1F. The first-order valence-corrected chi connectivity index (χ1v) is 10.2. The molecule has 0 amide bonds. The van der Waals surface area contributed by atoms with E-state index in [2.05, 4.69) is 5.32 Å². The molecule has 0 unspecified atom stereocenters. The van der Waals surface area contributed by atoms with Crippen LogP contribution in [0.25, 0.3) is 0 Å². The summed E-state index contributed by atoms with van der Waals surface area (Å²) in [5, 5.41) is 3.17. The molecule has 150 valence electrons. The van der Waals surface area contributed by atoms with Crippen molar-refractivity contribution in [3.05, 3.63) is 53.8 Å². The lowest BCUT2D eigenvalue weighted by atomic mass is 10.2. The minimum atomic E-state index is -4.31. The molecule has 2 heterocycles. The van der Waals surface area contributed by atoms with Crippen molar-refractivity contribution in [3.8, 4) is 0 Å². The second-order valence-corrected chi connectivity index (χ2v) is 8.24. The van der Waals surface area contributed by atoms with E-state index in [1.807, 2.05) is 0 Å². The van der Waals surface area contributed by atoms with E-state index in [0.29, 0.717) is 41.7 Å². The van der Waals surface area contributed by atoms with Crippen molar-refractivity contribution in [1.29, 1.82) is 0 Å². The molecule has 1 saturated heterocycles. The Morgan fingerprint density at radius 1 is 1.11 bits per heavy atom. The van der Waals surface area contributed by atoms with E-state index in [-0.39, 0.29) is 18.3 Å². The molecule has 1 N–H and O–H groups in total. The van der Waals surface area contributed by atoms with Crippen LogP contribution in [0.4, 0.5) is 30.2 Å². The zero-order chi connectivity index (χ0) is 19.9. The van der Waals surface area contributed by atoms with Crippen LogP contribution in [0.2, 0.25) is 0 Å². The Hall–Kier alpha value is -2.30. The summed E-state index contributed by atoms with van der Waals surface area (Å²) < 4.78 is 75.7. The number of benzene rings is 2. The molecule has 10 heteroatoms. The summed E-state index contributed by atoms with van der Waals surface area (Å²) in [6.07, 6.45) is 0.243. The van der Waals surface area contributed by atoms with Gasteiger partial charge in [-0.25, -0.2) is 17.5 Å². The number of ether oxygens (including phenoxy) is 1. The van der Waals surface area contributed by atoms with Gasteiger partial charge in [-0.15, -0.1) is 0 Å². The summed E-state index contributed by atoms with van der Waals surface area (Å²) in [5.41, 5.74) is -0.420. The van der Waals surface area contributed by atoms with Crippen molar-refractivity contribution in [2.45, 2.75) is 12.5 Å². The van der Waals surface area contributed by atoms with Gasteiger partial charge in [-0.3, -0.25) is 4.31 Å². The maximum absolute atomic E-state index is 14.4. The molecule has 0 radical (unpaired) electrons. The fourth-order valence-corrected chi connectivity index (χ4v) is 5.20. The average molecular weight is 413 g/mol. The maximum atomic E-state index is 14.4. The highest BCUT2D eigenvalue weighted by Crippen LogP contribution is 2.46. The van der Waals surface area contributed by atoms with Gasteiger partial charge in [-0.05, 0) is 18.6 Å². The second-order valence-electron chi connectivity index (χ2n) is 6.54. The highest BCUT2D eigenvalue weighted by Gasteiger charge is 2.43. The number of halogens is 3. The van der Waals surface area contributed by atoms with E-state index >= 15 is 0 Å². The highest BCUT2D eigenvalue weighted by molar-refractivity contribution is 7.95. The third-order valence-corrected chi connectivity index (χ3v) is 6.50. The Morgan fingerprint density at radius 2 is 1.79 bits per heavy atom. The lowest BCUT2D eigenvalue weighted by Crippen LogP contribution is -2.42. The lowest BCUT2D eigenvalue weighted by Gasteiger charge is -2.27. The maximum Gasteiger partial charge on any atom is 0.331 e. The quantitative estimate of drug-likeness (QED) is 0.837. The van der Waals surface area contributed by atoms with E-state index < -0.39 is 33.3 Å². The van der Waals surface area contributed by atoms with Gasteiger partial charge >= 0.3 is 10.2 Å². The van der Waals surface area contributed by atoms with Crippen molar-refractivity contribution in [2.75, 3.05) is 34.9 Å². The molecule has 1 fully saturated rings. The summed E-state index contributed by atoms with van der Waals surface area (Å²) in [4.78, 5) is 0.